The molecular weight excluding hydrogens is 202 g/mol. The van der Waals surface area contributed by atoms with Crippen LogP contribution >= 0.6 is 0 Å². The lowest BCUT2D eigenvalue weighted by Crippen LogP contribution is -2.33. The molecule has 1 rings (SSSR count). The first-order chi connectivity index (χ1) is 7.65. The minimum Gasteiger partial charge on any atom is -0.465 e. The summed E-state index contributed by atoms with van der Waals surface area (Å²) in [6.07, 6.45) is 1.91. The SMILES string of the molecule is CCc1ccc(CNC(CO)CC(C)C)o1. The Bertz CT molecular complexity index is 294. The molecule has 3 nitrogen and oxygen atoms in total. The summed E-state index contributed by atoms with van der Waals surface area (Å²) in [7, 11) is 0. The van der Waals surface area contributed by atoms with Gasteiger partial charge in [-0.15, -0.1) is 0 Å². The van der Waals surface area contributed by atoms with Crippen LogP contribution in [0.2, 0.25) is 0 Å². The molecule has 92 valence electrons. The van der Waals surface area contributed by atoms with Crippen LogP contribution in [0.5, 0.6) is 0 Å². The summed E-state index contributed by atoms with van der Waals surface area (Å²) in [5.74, 6) is 2.55. The maximum Gasteiger partial charge on any atom is 0.117 e. The monoisotopic (exact) mass is 225 g/mol. The molecule has 0 radical (unpaired) electrons. The van der Waals surface area contributed by atoms with Crippen molar-refractivity contribution in [2.24, 2.45) is 5.92 Å². The summed E-state index contributed by atoms with van der Waals surface area (Å²) in [5, 5.41) is 12.5. The topological polar surface area (TPSA) is 45.4 Å². The van der Waals surface area contributed by atoms with Gasteiger partial charge in [0.25, 0.3) is 0 Å². The van der Waals surface area contributed by atoms with Crippen LogP contribution in [-0.2, 0) is 13.0 Å². The highest BCUT2D eigenvalue weighted by Gasteiger charge is 2.10. The molecule has 0 bridgehead atoms. The van der Waals surface area contributed by atoms with Gasteiger partial charge in [0.05, 0.1) is 13.2 Å². The van der Waals surface area contributed by atoms with Crippen LogP contribution in [-0.4, -0.2) is 17.8 Å². The molecule has 0 aliphatic rings. The van der Waals surface area contributed by atoms with Gasteiger partial charge in [0, 0.05) is 12.5 Å². The standard InChI is InChI=1S/C13H23NO2/c1-4-12-5-6-13(16-12)8-14-11(9-15)7-10(2)3/h5-6,10-11,14-15H,4,7-9H2,1-3H3. The normalized spacial score (nSPS) is 13.3. The van der Waals surface area contributed by atoms with Crippen LogP contribution in [0.4, 0.5) is 0 Å². The fourth-order valence-electron chi connectivity index (χ4n) is 1.74. The zero-order chi connectivity index (χ0) is 12.0. The van der Waals surface area contributed by atoms with Crippen LogP contribution in [0.25, 0.3) is 0 Å². The highest BCUT2D eigenvalue weighted by molar-refractivity contribution is 5.06. The Morgan fingerprint density at radius 3 is 2.50 bits per heavy atom. The lowest BCUT2D eigenvalue weighted by Gasteiger charge is -2.17. The molecule has 1 unspecified atom stereocenters. The molecule has 1 atom stereocenters. The van der Waals surface area contributed by atoms with E-state index in [1.54, 1.807) is 0 Å². The summed E-state index contributed by atoms with van der Waals surface area (Å²) in [4.78, 5) is 0. The van der Waals surface area contributed by atoms with Crippen molar-refractivity contribution in [1.29, 1.82) is 0 Å². The second-order valence-electron chi connectivity index (χ2n) is 4.61. The fraction of sp³-hybridized carbons (Fsp3) is 0.692. The van der Waals surface area contributed by atoms with Crippen LogP contribution < -0.4 is 5.32 Å². The van der Waals surface area contributed by atoms with Crippen molar-refractivity contribution >= 4 is 0 Å². The Labute approximate surface area is 97.9 Å². The Balaban J connectivity index is 2.36. The van der Waals surface area contributed by atoms with Crippen molar-refractivity contribution in [1.82, 2.24) is 5.32 Å². The third-order valence-electron chi connectivity index (χ3n) is 2.61. The molecule has 1 heterocycles. The van der Waals surface area contributed by atoms with Crippen molar-refractivity contribution in [3.05, 3.63) is 23.7 Å². The summed E-state index contributed by atoms with van der Waals surface area (Å²) in [5.41, 5.74) is 0. The van der Waals surface area contributed by atoms with Crippen molar-refractivity contribution < 1.29 is 9.52 Å². The quantitative estimate of drug-likeness (QED) is 0.748. The molecule has 0 saturated carbocycles. The highest BCUT2D eigenvalue weighted by Crippen LogP contribution is 2.09. The highest BCUT2D eigenvalue weighted by atomic mass is 16.3. The Hall–Kier alpha value is -0.800. The minimum atomic E-state index is 0.162. The number of nitrogens with one attached hydrogen (secondary N) is 1. The summed E-state index contributed by atoms with van der Waals surface area (Å²) in [6.45, 7) is 7.27. The van der Waals surface area contributed by atoms with E-state index in [9.17, 15) is 5.11 Å². The smallest absolute Gasteiger partial charge is 0.117 e. The van der Waals surface area contributed by atoms with E-state index >= 15 is 0 Å². The molecule has 0 amide bonds. The van der Waals surface area contributed by atoms with Gasteiger partial charge in [-0.1, -0.05) is 20.8 Å². The molecule has 1 aromatic heterocycles. The molecule has 16 heavy (non-hydrogen) atoms. The number of rotatable bonds is 7. The van der Waals surface area contributed by atoms with E-state index in [1.165, 1.54) is 0 Å². The van der Waals surface area contributed by atoms with Gasteiger partial charge in [0.2, 0.25) is 0 Å². The van der Waals surface area contributed by atoms with Gasteiger partial charge >= 0.3 is 0 Å². The zero-order valence-corrected chi connectivity index (χ0v) is 10.5. The molecule has 2 N–H and O–H groups in total. The number of hydrogen-bond donors (Lipinski definition) is 2. The summed E-state index contributed by atoms with van der Waals surface area (Å²) < 4.78 is 5.59. The number of hydrogen-bond acceptors (Lipinski definition) is 3. The van der Waals surface area contributed by atoms with Gasteiger partial charge in [-0.25, -0.2) is 0 Å². The molecule has 1 aromatic rings. The van der Waals surface area contributed by atoms with Gasteiger partial charge < -0.3 is 14.8 Å². The first-order valence-corrected chi connectivity index (χ1v) is 6.07. The average Bonchev–Trinajstić information content (AvgIpc) is 2.71. The second-order valence-corrected chi connectivity index (χ2v) is 4.61. The van der Waals surface area contributed by atoms with E-state index in [4.69, 9.17) is 4.42 Å². The van der Waals surface area contributed by atoms with Crippen LogP contribution in [0.3, 0.4) is 0 Å². The third-order valence-corrected chi connectivity index (χ3v) is 2.61. The number of aliphatic hydroxyl groups excluding tert-OH is 1. The van der Waals surface area contributed by atoms with E-state index in [0.29, 0.717) is 12.5 Å². The lowest BCUT2D eigenvalue weighted by molar-refractivity contribution is 0.220. The molecule has 0 fully saturated rings. The van der Waals surface area contributed by atoms with Crippen LogP contribution in [0.15, 0.2) is 16.5 Å². The largest absolute Gasteiger partial charge is 0.465 e. The van der Waals surface area contributed by atoms with Crippen molar-refractivity contribution in [3.8, 4) is 0 Å². The zero-order valence-electron chi connectivity index (χ0n) is 10.5. The third kappa shape index (κ3) is 4.37. The van der Waals surface area contributed by atoms with Gasteiger partial charge in [-0.3, -0.25) is 0 Å². The maximum absolute atomic E-state index is 9.21. The first kappa shape index (κ1) is 13.3. The number of aryl methyl sites for hydroxylation is 1. The lowest BCUT2D eigenvalue weighted by atomic mass is 10.0. The molecule has 0 spiro atoms. The summed E-state index contributed by atoms with van der Waals surface area (Å²) in [6, 6.07) is 4.17. The molecule has 0 aromatic carbocycles. The predicted octanol–water partition coefficient (Wildman–Crippen LogP) is 2.34. The first-order valence-electron chi connectivity index (χ1n) is 6.07. The van der Waals surface area contributed by atoms with Gasteiger partial charge in [-0.05, 0) is 24.5 Å². The fourth-order valence-corrected chi connectivity index (χ4v) is 1.74. The number of aliphatic hydroxyl groups is 1. The van der Waals surface area contributed by atoms with E-state index < -0.39 is 0 Å². The van der Waals surface area contributed by atoms with Gasteiger partial charge in [-0.2, -0.15) is 0 Å². The average molecular weight is 225 g/mol. The molecule has 0 saturated heterocycles. The molecule has 0 aliphatic carbocycles. The molecule has 0 aliphatic heterocycles. The van der Waals surface area contributed by atoms with Crippen molar-refractivity contribution in [2.45, 2.75) is 46.2 Å². The van der Waals surface area contributed by atoms with Gasteiger partial charge in [0.15, 0.2) is 0 Å². The van der Waals surface area contributed by atoms with Crippen molar-refractivity contribution in [3.63, 3.8) is 0 Å². The van der Waals surface area contributed by atoms with Crippen molar-refractivity contribution in [2.75, 3.05) is 6.61 Å². The predicted molar refractivity (Wildman–Crippen MR) is 65.3 cm³/mol. The Morgan fingerprint density at radius 2 is 2.00 bits per heavy atom. The molecular formula is C13H23NO2. The van der Waals surface area contributed by atoms with Gasteiger partial charge in [0.1, 0.15) is 11.5 Å². The maximum atomic E-state index is 9.21. The Morgan fingerprint density at radius 1 is 1.31 bits per heavy atom. The second kappa shape index (κ2) is 6.71. The van der Waals surface area contributed by atoms with E-state index in [-0.39, 0.29) is 12.6 Å². The van der Waals surface area contributed by atoms with Crippen LogP contribution in [0.1, 0.15) is 38.7 Å². The van der Waals surface area contributed by atoms with E-state index in [1.807, 2.05) is 12.1 Å². The van der Waals surface area contributed by atoms with E-state index in [0.717, 1.165) is 24.4 Å². The minimum absolute atomic E-state index is 0.162. The summed E-state index contributed by atoms with van der Waals surface area (Å²) >= 11 is 0. The molecule has 3 heteroatoms. The number of furan rings is 1. The Kier molecular flexibility index (Phi) is 5.56. The van der Waals surface area contributed by atoms with E-state index in [2.05, 4.69) is 26.1 Å². The van der Waals surface area contributed by atoms with Crippen LogP contribution in [0, 0.1) is 5.92 Å².